The Morgan fingerprint density at radius 1 is 1.36 bits per heavy atom. The number of nitrogens with zero attached hydrogens (tertiary/aromatic N) is 3. The molecule has 2 heterocycles. The van der Waals surface area contributed by atoms with Crippen LogP contribution in [0.15, 0.2) is 29.4 Å². The molecule has 0 N–H and O–H groups in total. The van der Waals surface area contributed by atoms with E-state index < -0.39 is 10.0 Å². The van der Waals surface area contributed by atoms with Gasteiger partial charge in [-0.25, -0.2) is 13.4 Å². The number of sulfonamides is 1. The van der Waals surface area contributed by atoms with Crippen molar-refractivity contribution in [2.24, 2.45) is 7.05 Å². The molecule has 1 aliphatic heterocycles. The van der Waals surface area contributed by atoms with E-state index in [0.717, 1.165) is 11.4 Å². The van der Waals surface area contributed by atoms with E-state index in [1.807, 2.05) is 11.6 Å². The monoisotopic (exact) mass is 341 g/mol. The second kappa shape index (κ2) is 5.57. The van der Waals surface area contributed by atoms with Crippen LogP contribution in [-0.4, -0.2) is 35.9 Å². The maximum Gasteiger partial charge on any atom is 0.247 e. The lowest BCUT2D eigenvalue weighted by Crippen LogP contribution is -2.36. The number of benzene rings is 1. The van der Waals surface area contributed by atoms with Gasteiger partial charge >= 0.3 is 0 Å². The lowest BCUT2D eigenvalue weighted by atomic mass is 10.2. The standard InChI is InChI=1S/C14H16ClN3O3S/c1-17-9-16-11-5-6-18(8-12(11)17)22(19,20)14-7-10(15)3-4-13(14)21-2/h3-4,7,9H,5-6,8H2,1-2H3. The topological polar surface area (TPSA) is 64.4 Å². The summed E-state index contributed by atoms with van der Waals surface area (Å²) >= 11 is 5.95. The first-order chi connectivity index (χ1) is 10.4. The molecular weight excluding hydrogens is 326 g/mol. The third-order valence-electron chi connectivity index (χ3n) is 3.81. The van der Waals surface area contributed by atoms with Crippen molar-refractivity contribution < 1.29 is 13.2 Å². The zero-order chi connectivity index (χ0) is 15.9. The smallest absolute Gasteiger partial charge is 0.247 e. The van der Waals surface area contributed by atoms with Gasteiger partial charge in [-0.2, -0.15) is 4.31 Å². The molecule has 2 aromatic rings. The van der Waals surface area contributed by atoms with Crippen molar-refractivity contribution >= 4 is 21.6 Å². The highest BCUT2D eigenvalue weighted by Gasteiger charge is 2.32. The highest BCUT2D eigenvalue weighted by molar-refractivity contribution is 7.89. The number of imidazole rings is 1. The van der Waals surface area contributed by atoms with Crippen LogP contribution in [-0.2, 0) is 30.0 Å². The van der Waals surface area contributed by atoms with Crippen molar-refractivity contribution in [1.29, 1.82) is 0 Å². The Bertz CT molecular complexity index is 817. The molecule has 1 aromatic heterocycles. The van der Waals surface area contributed by atoms with Gasteiger partial charge in [-0.05, 0) is 18.2 Å². The number of hydrogen-bond acceptors (Lipinski definition) is 4. The van der Waals surface area contributed by atoms with E-state index in [1.165, 1.54) is 17.5 Å². The fourth-order valence-corrected chi connectivity index (χ4v) is 4.41. The van der Waals surface area contributed by atoms with E-state index >= 15 is 0 Å². The molecule has 0 radical (unpaired) electrons. The van der Waals surface area contributed by atoms with Crippen molar-refractivity contribution in [2.45, 2.75) is 17.9 Å². The van der Waals surface area contributed by atoms with Crippen LogP contribution in [0.3, 0.4) is 0 Å². The summed E-state index contributed by atoms with van der Waals surface area (Å²) in [6.07, 6.45) is 2.30. The van der Waals surface area contributed by atoms with Gasteiger partial charge in [0, 0.05) is 25.0 Å². The average molecular weight is 342 g/mol. The normalized spacial score (nSPS) is 15.6. The van der Waals surface area contributed by atoms with Gasteiger partial charge in [-0.15, -0.1) is 0 Å². The first-order valence-electron chi connectivity index (χ1n) is 6.76. The molecule has 0 aliphatic carbocycles. The second-order valence-electron chi connectivity index (χ2n) is 5.13. The van der Waals surface area contributed by atoms with Crippen LogP contribution < -0.4 is 4.74 Å². The summed E-state index contributed by atoms with van der Waals surface area (Å²) in [5.41, 5.74) is 1.86. The predicted molar refractivity (Wildman–Crippen MR) is 82.5 cm³/mol. The number of rotatable bonds is 3. The Labute approximate surface area is 134 Å². The summed E-state index contributed by atoms with van der Waals surface area (Å²) in [5.74, 6) is 0.292. The van der Waals surface area contributed by atoms with E-state index in [4.69, 9.17) is 16.3 Å². The third-order valence-corrected chi connectivity index (χ3v) is 5.91. The molecule has 1 aromatic carbocycles. The van der Waals surface area contributed by atoms with Crippen molar-refractivity contribution in [2.75, 3.05) is 13.7 Å². The zero-order valence-corrected chi connectivity index (χ0v) is 13.9. The van der Waals surface area contributed by atoms with Crippen molar-refractivity contribution in [3.63, 3.8) is 0 Å². The Morgan fingerprint density at radius 3 is 2.86 bits per heavy atom. The fourth-order valence-electron chi connectivity index (χ4n) is 2.59. The van der Waals surface area contributed by atoms with Gasteiger partial charge in [-0.1, -0.05) is 11.6 Å². The number of ether oxygens (including phenoxy) is 1. The van der Waals surface area contributed by atoms with Crippen LogP contribution in [0.4, 0.5) is 0 Å². The number of methoxy groups -OCH3 is 1. The first-order valence-corrected chi connectivity index (χ1v) is 8.58. The summed E-state index contributed by atoms with van der Waals surface area (Å²) in [5, 5.41) is 0.359. The van der Waals surface area contributed by atoms with Gasteiger partial charge in [0.05, 0.1) is 31.4 Å². The summed E-state index contributed by atoms with van der Waals surface area (Å²) in [7, 11) is -0.377. The molecule has 8 heteroatoms. The van der Waals surface area contributed by atoms with E-state index in [1.54, 1.807) is 18.5 Å². The number of hydrogen-bond donors (Lipinski definition) is 0. The molecular formula is C14H16ClN3O3S. The summed E-state index contributed by atoms with van der Waals surface area (Å²) in [6.45, 7) is 0.686. The van der Waals surface area contributed by atoms with E-state index in [-0.39, 0.29) is 4.90 Å². The van der Waals surface area contributed by atoms with Crippen LogP contribution in [0.2, 0.25) is 5.02 Å². The molecule has 3 rings (SSSR count). The van der Waals surface area contributed by atoms with Crippen LogP contribution in [0, 0.1) is 0 Å². The second-order valence-corrected chi connectivity index (χ2v) is 7.48. The Morgan fingerprint density at radius 2 is 2.14 bits per heavy atom. The van der Waals surface area contributed by atoms with E-state index in [0.29, 0.717) is 30.3 Å². The van der Waals surface area contributed by atoms with Crippen molar-refractivity contribution in [3.8, 4) is 5.75 Å². The fraction of sp³-hybridized carbons (Fsp3) is 0.357. The average Bonchev–Trinajstić information content (AvgIpc) is 2.88. The maximum atomic E-state index is 12.9. The van der Waals surface area contributed by atoms with Gasteiger partial charge in [0.15, 0.2) is 0 Å². The molecule has 0 spiro atoms. The predicted octanol–water partition coefficient (Wildman–Crippen LogP) is 1.83. The van der Waals surface area contributed by atoms with Crippen LogP contribution in [0.5, 0.6) is 5.75 Å². The van der Waals surface area contributed by atoms with Crippen LogP contribution in [0.25, 0.3) is 0 Å². The lowest BCUT2D eigenvalue weighted by Gasteiger charge is -2.27. The molecule has 6 nitrogen and oxygen atoms in total. The van der Waals surface area contributed by atoms with Gasteiger partial charge in [0.2, 0.25) is 10.0 Å². The minimum Gasteiger partial charge on any atom is -0.495 e. The summed E-state index contributed by atoms with van der Waals surface area (Å²) < 4.78 is 34.3. The Hall–Kier alpha value is -1.57. The zero-order valence-electron chi connectivity index (χ0n) is 12.3. The van der Waals surface area contributed by atoms with Crippen LogP contribution >= 0.6 is 11.6 Å². The van der Waals surface area contributed by atoms with Gasteiger partial charge in [0.25, 0.3) is 0 Å². The van der Waals surface area contributed by atoms with Gasteiger partial charge < -0.3 is 9.30 Å². The number of aryl methyl sites for hydroxylation is 1. The van der Waals surface area contributed by atoms with Crippen molar-refractivity contribution in [1.82, 2.24) is 13.9 Å². The molecule has 0 saturated carbocycles. The van der Waals surface area contributed by atoms with E-state index in [9.17, 15) is 8.42 Å². The third kappa shape index (κ3) is 2.49. The number of fused-ring (bicyclic) bond motifs is 1. The number of aromatic nitrogens is 2. The molecule has 0 amide bonds. The van der Waals surface area contributed by atoms with Crippen LogP contribution in [0.1, 0.15) is 11.4 Å². The van der Waals surface area contributed by atoms with Crippen molar-refractivity contribution in [3.05, 3.63) is 40.9 Å². The Kier molecular flexibility index (Phi) is 3.88. The maximum absolute atomic E-state index is 12.9. The highest BCUT2D eigenvalue weighted by atomic mass is 35.5. The molecule has 1 aliphatic rings. The highest BCUT2D eigenvalue weighted by Crippen LogP contribution is 2.31. The van der Waals surface area contributed by atoms with Gasteiger partial charge in [0.1, 0.15) is 10.6 Å². The molecule has 22 heavy (non-hydrogen) atoms. The molecule has 0 saturated heterocycles. The van der Waals surface area contributed by atoms with E-state index in [2.05, 4.69) is 4.98 Å². The summed E-state index contributed by atoms with van der Waals surface area (Å²) in [4.78, 5) is 4.38. The Balaban J connectivity index is 2.01. The minimum absolute atomic E-state index is 0.0909. The quantitative estimate of drug-likeness (QED) is 0.854. The molecule has 0 atom stereocenters. The lowest BCUT2D eigenvalue weighted by molar-refractivity contribution is 0.370. The number of halogens is 1. The summed E-state index contributed by atoms with van der Waals surface area (Å²) in [6, 6.07) is 4.60. The molecule has 0 bridgehead atoms. The van der Waals surface area contributed by atoms with Gasteiger partial charge in [-0.3, -0.25) is 0 Å². The molecule has 118 valence electrons. The largest absolute Gasteiger partial charge is 0.495 e. The SMILES string of the molecule is COc1ccc(Cl)cc1S(=O)(=O)N1CCc2ncn(C)c2C1. The molecule has 0 fully saturated rings. The first kappa shape index (κ1) is 15.3. The molecule has 0 unspecified atom stereocenters. The minimum atomic E-state index is -3.68.